The van der Waals surface area contributed by atoms with E-state index in [9.17, 15) is 0 Å². The lowest BCUT2D eigenvalue weighted by atomic mass is 10.2. The van der Waals surface area contributed by atoms with Crippen molar-refractivity contribution in [2.75, 3.05) is 13.2 Å². The van der Waals surface area contributed by atoms with Crippen molar-refractivity contribution < 1.29 is 9.68 Å². The minimum absolute atomic E-state index is 0.158. The Morgan fingerprint density at radius 1 is 0.574 bits per heavy atom. The van der Waals surface area contributed by atoms with E-state index < -0.39 is 0 Å². The van der Waals surface area contributed by atoms with Crippen LogP contribution in [-0.4, -0.2) is 64.5 Å². The number of pyridine rings is 4. The third kappa shape index (κ3) is 12.2. The van der Waals surface area contributed by atoms with Gasteiger partial charge in [0.05, 0.1) is 11.4 Å². The molecule has 0 unspecified atom stereocenters. The van der Waals surface area contributed by atoms with E-state index in [2.05, 4.69) is 62.0 Å². The minimum atomic E-state index is 0.158. The summed E-state index contributed by atoms with van der Waals surface area (Å²) >= 11 is 0. The van der Waals surface area contributed by atoms with Gasteiger partial charge in [-0.15, -0.1) is 0 Å². The Morgan fingerprint density at radius 2 is 1.09 bits per heavy atom. The maximum Gasteiger partial charge on any atom is 0.179 e. The van der Waals surface area contributed by atoms with Gasteiger partial charge in [-0.2, -0.15) is 0 Å². The smallest absolute Gasteiger partial charge is 0.179 e. The number of rotatable bonds is 11. The Morgan fingerprint density at radius 3 is 1.67 bits per heavy atom. The lowest BCUT2D eigenvalue weighted by Gasteiger charge is -2.05. The van der Waals surface area contributed by atoms with Gasteiger partial charge >= 0.3 is 0 Å². The molecule has 0 atom stereocenters. The molecule has 12 heteroatoms. The van der Waals surface area contributed by atoms with E-state index in [1.54, 1.807) is 18.5 Å². The molecule has 0 saturated heterocycles. The second-order valence-electron chi connectivity index (χ2n) is 12.2. The van der Waals surface area contributed by atoms with Crippen molar-refractivity contribution in [3.8, 4) is 34.9 Å². The van der Waals surface area contributed by atoms with Gasteiger partial charge in [0.25, 0.3) is 0 Å². The fraction of sp³-hybridized carbons (Fsp3) is 0.238. The van der Waals surface area contributed by atoms with Gasteiger partial charge in [-0.3, -0.25) is 9.97 Å². The van der Waals surface area contributed by atoms with Crippen molar-refractivity contribution in [1.82, 2.24) is 39.9 Å². The fourth-order valence-corrected chi connectivity index (χ4v) is 4.88. The van der Waals surface area contributed by atoms with Crippen LogP contribution < -0.4 is 0 Å². The maximum atomic E-state index is 5.43. The molecule has 0 N–H and O–H groups in total. The van der Waals surface area contributed by atoms with E-state index in [1.807, 2.05) is 120 Å². The molecule has 6 rings (SSSR count). The topological polar surface area (TPSA) is 146 Å². The fourth-order valence-electron chi connectivity index (χ4n) is 4.88. The van der Waals surface area contributed by atoms with E-state index in [-0.39, 0.29) is 6.61 Å². The highest BCUT2D eigenvalue weighted by molar-refractivity contribution is 5.97. The maximum absolute atomic E-state index is 5.43. The third-order valence-corrected chi connectivity index (χ3v) is 7.55. The monoisotopic (exact) mass is 718 g/mol. The first-order valence-corrected chi connectivity index (χ1v) is 17.5. The van der Waals surface area contributed by atoms with Crippen molar-refractivity contribution in [2.24, 2.45) is 10.3 Å². The van der Waals surface area contributed by atoms with Crippen LogP contribution >= 0.6 is 0 Å². The molecule has 54 heavy (non-hydrogen) atoms. The van der Waals surface area contributed by atoms with E-state index in [4.69, 9.17) is 9.68 Å². The van der Waals surface area contributed by atoms with Crippen molar-refractivity contribution in [2.45, 2.75) is 54.4 Å². The molecule has 12 nitrogen and oxygen atoms in total. The first-order valence-electron chi connectivity index (χ1n) is 17.5. The summed E-state index contributed by atoms with van der Waals surface area (Å²) in [6, 6.07) is 26.9. The number of hydrogen-bond donors (Lipinski definition) is 0. The molecule has 0 aliphatic rings. The molecule has 0 bridgehead atoms. The van der Waals surface area contributed by atoms with Crippen LogP contribution in [0.25, 0.3) is 23.0 Å². The van der Waals surface area contributed by atoms with Crippen molar-refractivity contribution in [3.05, 3.63) is 143 Å². The summed E-state index contributed by atoms with van der Waals surface area (Å²) in [4.78, 5) is 46.0. The Hall–Kier alpha value is -6.74. The van der Waals surface area contributed by atoms with Gasteiger partial charge in [-0.05, 0) is 121 Å². The summed E-state index contributed by atoms with van der Waals surface area (Å²) < 4.78 is 0. The highest BCUT2D eigenvalue weighted by Crippen LogP contribution is 2.14. The van der Waals surface area contributed by atoms with Gasteiger partial charge < -0.3 is 9.68 Å². The van der Waals surface area contributed by atoms with Crippen molar-refractivity contribution in [3.63, 3.8) is 0 Å². The Bertz CT molecular complexity index is 2300. The zero-order chi connectivity index (χ0) is 38.1. The Balaban J connectivity index is 0.000000208. The van der Waals surface area contributed by atoms with E-state index >= 15 is 0 Å². The summed E-state index contributed by atoms with van der Waals surface area (Å²) in [6.07, 6.45) is 5.05. The molecule has 6 heterocycles. The lowest BCUT2D eigenvalue weighted by Crippen LogP contribution is -2.02. The molecule has 6 aromatic heterocycles. The number of nitrogens with zero attached hydrogens (tertiary/aromatic N) is 10. The van der Waals surface area contributed by atoms with Gasteiger partial charge in [0.15, 0.2) is 18.3 Å². The SMILES string of the molecule is C/C(=N\OCC#Cc1ccnc(-c2cccc(C)n2)n1)c1cccc(C)n1.C/C(=N\OCCCc1ccnc(-c2cccc(C)n2)n1)c1cccc(C)n1. The zero-order valence-electron chi connectivity index (χ0n) is 31.4. The number of aryl methyl sites for hydroxylation is 5. The molecule has 0 aliphatic carbocycles. The third-order valence-electron chi connectivity index (χ3n) is 7.55. The largest absolute Gasteiger partial charge is 0.396 e. The molecular weight excluding hydrogens is 677 g/mol. The molecule has 6 aromatic rings. The highest BCUT2D eigenvalue weighted by atomic mass is 16.6. The summed E-state index contributed by atoms with van der Waals surface area (Å²) in [5, 5.41) is 8.20. The van der Waals surface area contributed by atoms with E-state index in [0.29, 0.717) is 29.7 Å². The average molecular weight is 719 g/mol. The quantitative estimate of drug-likeness (QED) is 0.0580. The molecule has 0 aromatic carbocycles. The normalized spacial score (nSPS) is 11.1. The van der Waals surface area contributed by atoms with Crippen LogP contribution in [0.1, 0.15) is 65.8 Å². The standard InChI is InChI=1S/C21H23N5O.C21H19N5O/c2*1-15-7-4-10-19(23-15)17(3)26-27-14-6-9-18-12-13-22-21(25-18)20-11-5-8-16(2)24-20/h4-5,7-8,10-13H,6,9,14H2,1-3H3;4-5,7-8,10-13H,14H2,1-3H3/b2*26-17+. The summed E-state index contributed by atoms with van der Waals surface area (Å²) in [5.74, 6) is 7.05. The minimum Gasteiger partial charge on any atom is -0.396 e. The molecule has 0 amide bonds. The van der Waals surface area contributed by atoms with Gasteiger partial charge in [0.2, 0.25) is 0 Å². The summed E-state index contributed by atoms with van der Waals surface area (Å²) in [6.45, 7) is 12.2. The molecule has 0 spiro atoms. The Labute approximate surface area is 316 Å². The van der Waals surface area contributed by atoms with E-state index in [1.165, 1.54) is 0 Å². The van der Waals surface area contributed by atoms with Crippen LogP contribution in [0.4, 0.5) is 0 Å². The van der Waals surface area contributed by atoms with Crippen LogP contribution in [0.2, 0.25) is 0 Å². The summed E-state index contributed by atoms with van der Waals surface area (Å²) in [7, 11) is 0. The predicted molar refractivity (Wildman–Crippen MR) is 209 cm³/mol. The molecule has 0 aliphatic heterocycles. The first kappa shape index (κ1) is 38.5. The van der Waals surface area contributed by atoms with Crippen LogP contribution in [-0.2, 0) is 16.1 Å². The average Bonchev–Trinajstić information content (AvgIpc) is 3.18. The molecule has 272 valence electrons. The second kappa shape index (κ2) is 19.8. The second-order valence-corrected chi connectivity index (χ2v) is 12.2. The van der Waals surface area contributed by atoms with Gasteiger partial charge in [0.1, 0.15) is 35.1 Å². The highest BCUT2D eigenvalue weighted by Gasteiger charge is 2.06. The molecular formula is C42H42N10O2. The predicted octanol–water partition coefficient (Wildman–Crippen LogP) is 7.27. The molecule has 0 fully saturated rings. The Kier molecular flexibility index (Phi) is 14.1. The van der Waals surface area contributed by atoms with Gasteiger partial charge in [0, 0.05) is 40.9 Å². The molecule has 0 saturated carbocycles. The van der Waals surface area contributed by atoms with E-state index in [0.717, 1.165) is 69.8 Å². The van der Waals surface area contributed by atoms with Crippen LogP contribution in [0.5, 0.6) is 0 Å². The number of hydrogen-bond acceptors (Lipinski definition) is 12. The van der Waals surface area contributed by atoms with Crippen LogP contribution in [0.15, 0.2) is 108 Å². The zero-order valence-corrected chi connectivity index (χ0v) is 31.4. The summed E-state index contributed by atoms with van der Waals surface area (Å²) in [5.41, 5.74) is 9.94. The first-order chi connectivity index (χ1) is 26.2. The van der Waals surface area contributed by atoms with Gasteiger partial charge in [-0.25, -0.2) is 29.9 Å². The van der Waals surface area contributed by atoms with Crippen LogP contribution in [0.3, 0.4) is 0 Å². The molecule has 0 radical (unpaired) electrons. The number of oxime groups is 2. The van der Waals surface area contributed by atoms with Gasteiger partial charge in [-0.1, -0.05) is 40.5 Å². The number of aromatic nitrogens is 8. The lowest BCUT2D eigenvalue weighted by molar-refractivity contribution is 0.141. The van der Waals surface area contributed by atoms with Crippen molar-refractivity contribution >= 4 is 11.4 Å². The van der Waals surface area contributed by atoms with Crippen molar-refractivity contribution in [1.29, 1.82) is 0 Å². The van der Waals surface area contributed by atoms with Crippen LogP contribution in [0, 0.1) is 39.5 Å².